The van der Waals surface area contributed by atoms with Crippen molar-refractivity contribution >= 4 is 23.8 Å². The van der Waals surface area contributed by atoms with Gasteiger partial charge in [-0.05, 0) is 49.2 Å². The van der Waals surface area contributed by atoms with Crippen molar-refractivity contribution in [1.29, 1.82) is 0 Å². The van der Waals surface area contributed by atoms with E-state index in [9.17, 15) is 19.2 Å². The highest BCUT2D eigenvalue weighted by Gasteiger charge is 2.18. The van der Waals surface area contributed by atoms with Crippen LogP contribution < -0.4 is 4.74 Å². The quantitative estimate of drug-likeness (QED) is 0.273. The van der Waals surface area contributed by atoms with Crippen LogP contribution in [-0.2, 0) is 23.9 Å². The van der Waals surface area contributed by atoms with Crippen LogP contribution in [0.2, 0.25) is 0 Å². The highest BCUT2D eigenvalue weighted by Crippen LogP contribution is 2.23. The third-order valence-corrected chi connectivity index (χ3v) is 4.75. The molecule has 8 nitrogen and oxygen atoms in total. The first-order valence-electron chi connectivity index (χ1n) is 10.9. The SMILES string of the molecule is C=C(C)C(=O)OCCN(CCOC(=O)C(=C)C)C(=O)c1ccc(-c2ccc(OC(C)=O)cc2)cc1. The molecule has 35 heavy (non-hydrogen) atoms. The van der Waals surface area contributed by atoms with E-state index in [1.165, 1.54) is 25.7 Å². The lowest BCUT2D eigenvalue weighted by Crippen LogP contribution is -2.37. The average molecular weight is 480 g/mol. The van der Waals surface area contributed by atoms with Crippen LogP contribution in [-0.4, -0.2) is 55.0 Å². The average Bonchev–Trinajstić information content (AvgIpc) is 2.82. The summed E-state index contributed by atoms with van der Waals surface area (Å²) in [5.41, 5.74) is 2.69. The Bertz CT molecular complexity index is 1070. The fourth-order valence-corrected chi connectivity index (χ4v) is 2.93. The van der Waals surface area contributed by atoms with Crippen molar-refractivity contribution in [2.45, 2.75) is 20.8 Å². The van der Waals surface area contributed by atoms with Crippen LogP contribution in [0.5, 0.6) is 5.75 Å². The second-order valence-corrected chi connectivity index (χ2v) is 7.82. The molecule has 0 aromatic heterocycles. The second kappa shape index (κ2) is 12.9. The summed E-state index contributed by atoms with van der Waals surface area (Å²) in [6.45, 7) is 11.6. The van der Waals surface area contributed by atoms with Gasteiger partial charge in [0.15, 0.2) is 0 Å². The molecule has 0 heterocycles. The van der Waals surface area contributed by atoms with E-state index in [-0.39, 0.29) is 43.4 Å². The Hall–Kier alpha value is -4.20. The maximum Gasteiger partial charge on any atom is 0.333 e. The zero-order chi connectivity index (χ0) is 26.0. The number of nitrogens with zero attached hydrogens (tertiary/aromatic N) is 1. The van der Waals surface area contributed by atoms with Crippen molar-refractivity contribution in [2.75, 3.05) is 26.3 Å². The first-order chi connectivity index (χ1) is 16.6. The Morgan fingerprint density at radius 1 is 0.714 bits per heavy atom. The molecule has 0 atom stereocenters. The molecule has 0 radical (unpaired) electrons. The monoisotopic (exact) mass is 479 g/mol. The Balaban J connectivity index is 2.10. The summed E-state index contributed by atoms with van der Waals surface area (Å²) in [5, 5.41) is 0. The molecule has 8 heteroatoms. The van der Waals surface area contributed by atoms with E-state index in [4.69, 9.17) is 14.2 Å². The summed E-state index contributed by atoms with van der Waals surface area (Å²) in [7, 11) is 0. The number of hydrogen-bond acceptors (Lipinski definition) is 7. The highest BCUT2D eigenvalue weighted by atomic mass is 16.5. The zero-order valence-corrected chi connectivity index (χ0v) is 20.2. The normalized spacial score (nSPS) is 10.1. The van der Waals surface area contributed by atoms with Crippen LogP contribution in [0.15, 0.2) is 72.8 Å². The smallest absolute Gasteiger partial charge is 0.333 e. The van der Waals surface area contributed by atoms with Gasteiger partial charge in [-0.15, -0.1) is 0 Å². The zero-order valence-electron chi connectivity index (χ0n) is 20.2. The number of amides is 1. The minimum Gasteiger partial charge on any atom is -0.460 e. The summed E-state index contributed by atoms with van der Waals surface area (Å²) in [4.78, 5) is 49.0. The first-order valence-corrected chi connectivity index (χ1v) is 10.9. The van der Waals surface area contributed by atoms with Gasteiger partial charge in [-0.2, -0.15) is 0 Å². The third kappa shape index (κ3) is 8.58. The Labute approximate surface area is 204 Å². The van der Waals surface area contributed by atoms with Gasteiger partial charge in [0.05, 0.1) is 13.1 Å². The Morgan fingerprint density at radius 2 is 1.14 bits per heavy atom. The van der Waals surface area contributed by atoms with Gasteiger partial charge in [0.2, 0.25) is 0 Å². The van der Waals surface area contributed by atoms with Crippen molar-refractivity contribution in [3.63, 3.8) is 0 Å². The summed E-state index contributed by atoms with van der Waals surface area (Å²) >= 11 is 0. The molecule has 184 valence electrons. The lowest BCUT2D eigenvalue weighted by atomic mass is 10.0. The highest BCUT2D eigenvalue weighted by molar-refractivity contribution is 5.95. The van der Waals surface area contributed by atoms with Gasteiger partial charge in [-0.1, -0.05) is 37.4 Å². The standard InChI is InChI=1S/C27H29NO7/c1-18(2)26(31)33-16-14-28(15-17-34-27(32)19(3)4)25(30)23-8-6-21(7-9-23)22-10-12-24(13-11-22)35-20(5)29/h6-13H,1,3,14-17H2,2,4-5H3. The lowest BCUT2D eigenvalue weighted by molar-refractivity contribution is -0.139. The van der Waals surface area contributed by atoms with Crippen molar-refractivity contribution in [1.82, 2.24) is 4.90 Å². The minimum atomic E-state index is -0.546. The van der Waals surface area contributed by atoms with Gasteiger partial charge in [-0.3, -0.25) is 9.59 Å². The van der Waals surface area contributed by atoms with Crippen molar-refractivity contribution < 1.29 is 33.4 Å². The van der Waals surface area contributed by atoms with E-state index in [0.29, 0.717) is 11.3 Å². The van der Waals surface area contributed by atoms with Crippen LogP contribution in [0.25, 0.3) is 11.1 Å². The summed E-state index contributed by atoms with van der Waals surface area (Å²) in [6.07, 6.45) is 0. The van der Waals surface area contributed by atoms with E-state index in [2.05, 4.69) is 13.2 Å². The van der Waals surface area contributed by atoms with Crippen molar-refractivity contribution in [3.05, 3.63) is 78.4 Å². The topological polar surface area (TPSA) is 99.2 Å². The molecule has 0 aliphatic rings. The Morgan fingerprint density at radius 3 is 1.54 bits per heavy atom. The molecule has 0 saturated carbocycles. The largest absolute Gasteiger partial charge is 0.460 e. The first kappa shape index (κ1) is 27.0. The van der Waals surface area contributed by atoms with Gasteiger partial charge in [0, 0.05) is 23.6 Å². The maximum absolute atomic E-state index is 13.1. The van der Waals surface area contributed by atoms with Crippen LogP contribution in [0, 0.1) is 0 Å². The lowest BCUT2D eigenvalue weighted by Gasteiger charge is -2.23. The van der Waals surface area contributed by atoms with E-state index in [1.807, 2.05) is 12.1 Å². The molecule has 1 amide bonds. The fourth-order valence-electron chi connectivity index (χ4n) is 2.93. The van der Waals surface area contributed by atoms with Crippen LogP contribution in [0.3, 0.4) is 0 Å². The Kier molecular flexibility index (Phi) is 9.96. The molecule has 0 fully saturated rings. The summed E-state index contributed by atoms with van der Waals surface area (Å²) in [5.74, 6) is -1.35. The predicted molar refractivity (Wildman–Crippen MR) is 131 cm³/mol. The summed E-state index contributed by atoms with van der Waals surface area (Å²) in [6, 6.07) is 14.0. The fraction of sp³-hybridized carbons (Fsp3) is 0.259. The van der Waals surface area contributed by atoms with E-state index >= 15 is 0 Å². The predicted octanol–water partition coefficient (Wildman–Crippen LogP) is 3.96. The number of hydrogen-bond donors (Lipinski definition) is 0. The minimum absolute atomic E-state index is 0.0291. The van der Waals surface area contributed by atoms with Crippen LogP contribution in [0.1, 0.15) is 31.1 Å². The maximum atomic E-state index is 13.1. The molecular weight excluding hydrogens is 450 g/mol. The number of carbonyl (C=O) groups is 4. The molecule has 0 unspecified atom stereocenters. The molecule has 0 bridgehead atoms. The molecule has 0 N–H and O–H groups in total. The van der Waals surface area contributed by atoms with Gasteiger partial charge < -0.3 is 19.1 Å². The molecule has 0 saturated heterocycles. The van der Waals surface area contributed by atoms with E-state index < -0.39 is 17.9 Å². The summed E-state index contributed by atoms with van der Waals surface area (Å²) < 4.78 is 15.3. The van der Waals surface area contributed by atoms with Gasteiger partial charge in [0.25, 0.3) is 5.91 Å². The molecular formula is C27H29NO7. The van der Waals surface area contributed by atoms with Crippen LogP contribution in [0.4, 0.5) is 0 Å². The second-order valence-electron chi connectivity index (χ2n) is 7.82. The molecule has 0 aliphatic heterocycles. The van der Waals surface area contributed by atoms with E-state index in [0.717, 1.165) is 11.1 Å². The molecule has 2 rings (SSSR count). The molecule has 0 aliphatic carbocycles. The van der Waals surface area contributed by atoms with Gasteiger partial charge in [0.1, 0.15) is 19.0 Å². The molecule has 2 aromatic carbocycles. The third-order valence-electron chi connectivity index (χ3n) is 4.75. The number of ether oxygens (including phenoxy) is 3. The van der Waals surface area contributed by atoms with Crippen LogP contribution >= 0.6 is 0 Å². The van der Waals surface area contributed by atoms with Crippen molar-refractivity contribution in [2.24, 2.45) is 0 Å². The number of carbonyl (C=O) groups excluding carboxylic acids is 4. The number of rotatable bonds is 11. The van der Waals surface area contributed by atoms with Gasteiger partial charge >= 0.3 is 17.9 Å². The number of benzene rings is 2. The van der Waals surface area contributed by atoms with E-state index in [1.54, 1.807) is 36.4 Å². The molecule has 0 spiro atoms. The van der Waals surface area contributed by atoms with Crippen molar-refractivity contribution in [3.8, 4) is 16.9 Å². The number of esters is 3. The molecule has 2 aromatic rings. The van der Waals surface area contributed by atoms with Gasteiger partial charge in [-0.25, -0.2) is 9.59 Å².